The molecule has 7 heteroatoms. The molecule has 1 amide bonds. The predicted octanol–water partition coefficient (Wildman–Crippen LogP) is 3.18. The molecule has 3 rings (SSSR count). The third-order valence-corrected chi connectivity index (χ3v) is 4.95. The fourth-order valence-electron chi connectivity index (χ4n) is 2.31. The van der Waals surface area contributed by atoms with Gasteiger partial charge in [0, 0.05) is 12.6 Å². The summed E-state index contributed by atoms with van der Waals surface area (Å²) in [5.41, 5.74) is 2.20. The number of nitrogens with zero attached hydrogens (tertiary/aromatic N) is 3. The van der Waals surface area contributed by atoms with Crippen molar-refractivity contribution in [3.63, 3.8) is 0 Å². The van der Waals surface area contributed by atoms with Crippen LogP contribution in [0.15, 0.2) is 52.2 Å². The number of amides is 1. The molecule has 3 aromatic rings. The van der Waals surface area contributed by atoms with Gasteiger partial charge in [0.1, 0.15) is 5.76 Å². The first-order valence-electron chi connectivity index (χ1n) is 7.98. The summed E-state index contributed by atoms with van der Waals surface area (Å²) in [6.45, 7) is 4.28. The topological polar surface area (TPSA) is 73.0 Å². The Kier molecular flexibility index (Phi) is 5.23. The molecule has 0 aliphatic carbocycles. The lowest BCUT2D eigenvalue weighted by Gasteiger charge is -2.11. The average Bonchev–Trinajstić information content (AvgIpc) is 3.24. The van der Waals surface area contributed by atoms with Crippen molar-refractivity contribution in [1.82, 2.24) is 20.1 Å². The van der Waals surface area contributed by atoms with E-state index in [1.165, 1.54) is 17.3 Å². The minimum Gasteiger partial charge on any atom is -0.467 e. The first kappa shape index (κ1) is 17.3. The van der Waals surface area contributed by atoms with Crippen LogP contribution < -0.4 is 5.32 Å². The molecular weight excluding hydrogens is 336 g/mol. The number of carbonyl (C=O) groups excluding carboxylic acids is 1. The highest BCUT2D eigenvalue weighted by atomic mass is 32.2. The number of aromatic nitrogens is 3. The van der Waals surface area contributed by atoms with Gasteiger partial charge < -0.3 is 14.3 Å². The maximum Gasteiger partial charge on any atom is 0.233 e. The standard InChI is InChI=1S/C18H20N4O2S/c1-12-6-8-14(9-7-12)16-20-21-18(22(16)3)25-13(2)17(23)19-11-15-5-4-10-24-15/h4-10,13H,11H2,1-3H3,(H,19,23)/t13-/m1/s1. The maximum absolute atomic E-state index is 12.2. The second-order valence-electron chi connectivity index (χ2n) is 5.79. The van der Waals surface area contributed by atoms with E-state index in [2.05, 4.69) is 15.5 Å². The summed E-state index contributed by atoms with van der Waals surface area (Å²) in [6, 6.07) is 11.8. The highest BCUT2D eigenvalue weighted by Gasteiger charge is 2.19. The molecular formula is C18H20N4O2S. The van der Waals surface area contributed by atoms with Gasteiger partial charge in [-0.25, -0.2) is 0 Å². The molecule has 2 heterocycles. The zero-order chi connectivity index (χ0) is 17.8. The zero-order valence-corrected chi connectivity index (χ0v) is 15.2. The van der Waals surface area contributed by atoms with Crippen LogP contribution in [-0.4, -0.2) is 25.9 Å². The van der Waals surface area contributed by atoms with Crippen LogP contribution in [0.4, 0.5) is 0 Å². The number of thioether (sulfide) groups is 1. The fraction of sp³-hybridized carbons (Fsp3) is 0.278. The van der Waals surface area contributed by atoms with E-state index < -0.39 is 0 Å². The molecule has 2 aromatic heterocycles. The predicted molar refractivity (Wildman–Crippen MR) is 97.0 cm³/mol. The van der Waals surface area contributed by atoms with Gasteiger partial charge in [-0.3, -0.25) is 4.79 Å². The number of nitrogens with one attached hydrogen (secondary N) is 1. The van der Waals surface area contributed by atoms with E-state index >= 15 is 0 Å². The lowest BCUT2D eigenvalue weighted by molar-refractivity contribution is -0.120. The van der Waals surface area contributed by atoms with E-state index in [1.807, 2.05) is 55.8 Å². The Balaban J connectivity index is 1.64. The normalized spacial score (nSPS) is 12.1. The van der Waals surface area contributed by atoms with Gasteiger partial charge in [0.15, 0.2) is 11.0 Å². The van der Waals surface area contributed by atoms with Gasteiger partial charge in [0.05, 0.1) is 18.1 Å². The molecule has 0 unspecified atom stereocenters. The highest BCUT2D eigenvalue weighted by molar-refractivity contribution is 8.00. The fourth-order valence-corrected chi connectivity index (χ4v) is 3.15. The third-order valence-electron chi connectivity index (χ3n) is 3.81. The van der Waals surface area contributed by atoms with E-state index in [4.69, 9.17) is 4.42 Å². The molecule has 0 aliphatic rings. The van der Waals surface area contributed by atoms with Crippen LogP contribution in [0, 0.1) is 6.92 Å². The average molecular weight is 356 g/mol. The van der Waals surface area contributed by atoms with Gasteiger partial charge in [0.25, 0.3) is 0 Å². The summed E-state index contributed by atoms with van der Waals surface area (Å²) in [6.07, 6.45) is 1.59. The molecule has 0 aliphatic heterocycles. The quantitative estimate of drug-likeness (QED) is 0.687. The molecule has 0 radical (unpaired) electrons. The van der Waals surface area contributed by atoms with Gasteiger partial charge in [-0.05, 0) is 26.0 Å². The smallest absolute Gasteiger partial charge is 0.233 e. The van der Waals surface area contributed by atoms with Gasteiger partial charge in [-0.1, -0.05) is 41.6 Å². The number of carbonyl (C=O) groups is 1. The minimum absolute atomic E-state index is 0.0683. The van der Waals surface area contributed by atoms with Crippen molar-refractivity contribution in [1.29, 1.82) is 0 Å². The number of rotatable bonds is 6. The molecule has 0 saturated heterocycles. The third kappa shape index (κ3) is 4.11. The molecule has 0 fully saturated rings. The SMILES string of the molecule is Cc1ccc(-c2nnc(S[C@H](C)C(=O)NCc3ccco3)n2C)cc1. The van der Waals surface area contributed by atoms with Crippen LogP contribution >= 0.6 is 11.8 Å². The first-order chi connectivity index (χ1) is 12.0. The van der Waals surface area contributed by atoms with Crippen LogP contribution in [0.5, 0.6) is 0 Å². The molecule has 130 valence electrons. The van der Waals surface area contributed by atoms with E-state index in [9.17, 15) is 4.79 Å². The van der Waals surface area contributed by atoms with E-state index in [0.29, 0.717) is 11.7 Å². The van der Waals surface area contributed by atoms with Gasteiger partial charge in [0.2, 0.25) is 5.91 Å². The van der Waals surface area contributed by atoms with E-state index in [1.54, 1.807) is 12.3 Å². The Morgan fingerprint density at radius 1 is 1.28 bits per heavy atom. The first-order valence-corrected chi connectivity index (χ1v) is 8.85. The molecule has 1 aromatic carbocycles. The summed E-state index contributed by atoms with van der Waals surface area (Å²) in [5, 5.41) is 11.8. The molecule has 1 atom stereocenters. The van der Waals surface area contributed by atoms with Crippen LogP contribution in [0.1, 0.15) is 18.2 Å². The van der Waals surface area contributed by atoms with Gasteiger partial charge in [-0.15, -0.1) is 10.2 Å². The monoisotopic (exact) mass is 356 g/mol. The van der Waals surface area contributed by atoms with E-state index in [0.717, 1.165) is 17.1 Å². The van der Waals surface area contributed by atoms with Crippen molar-refractivity contribution in [2.75, 3.05) is 0 Å². The minimum atomic E-state index is -0.288. The Morgan fingerprint density at radius 2 is 2.04 bits per heavy atom. The number of benzene rings is 1. The largest absolute Gasteiger partial charge is 0.467 e. The Labute approximate surface area is 150 Å². The Morgan fingerprint density at radius 3 is 2.72 bits per heavy atom. The molecule has 0 bridgehead atoms. The Bertz CT molecular complexity index is 841. The van der Waals surface area contributed by atoms with Crippen molar-refractivity contribution in [3.8, 4) is 11.4 Å². The van der Waals surface area contributed by atoms with E-state index in [-0.39, 0.29) is 11.2 Å². The summed E-state index contributed by atoms with van der Waals surface area (Å²) in [5.74, 6) is 1.44. The van der Waals surface area contributed by atoms with Crippen molar-refractivity contribution in [3.05, 3.63) is 54.0 Å². The lowest BCUT2D eigenvalue weighted by Crippen LogP contribution is -2.30. The lowest BCUT2D eigenvalue weighted by atomic mass is 10.1. The summed E-state index contributed by atoms with van der Waals surface area (Å²) in [4.78, 5) is 12.2. The summed E-state index contributed by atoms with van der Waals surface area (Å²) in [7, 11) is 1.91. The number of aryl methyl sites for hydroxylation is 1. The molecule has 25 heavy (non-hydrogen) atoms. The van der Waals surface area contributed by atoms with Crippen LogP contribution in [-0.2, 0) is 18.4 Å². The van der Waals surface area contributed by atoms with Crippen molar-refractivity contribution in [2.24, 2.45) is 7.05 Å². The van der Waals surface area contributed by atoms with Crippen LogP contribution in [0.25, 0.3) is 11.4 Å². The number of hydrogen-bond acceptors (Lipinski definition) is 5. The second kappa shape index (κ2) is 7.57. The van der Waals surface area contributed by atoms with Crippen molar-refractivity contribution < 1.29 is 9.21 Å². The zero-order valence-electron chi connectivity index (χ0n) is 14.4. The van der Waals surface area contributed by atoms with Crippen molar-refractivity contribution in [2.45, 2.75) is 30.8 Å². The number of furan rings is 1. The maximum atomic E-state index is 12.2. The molecule has 0 saturated carbocycles. The Hall–Kier alpha value is -2.54. The summed E-state index contributed by atoms with van der Waals surface area (Å²) >= 11 is 1.38. The second-order valence-corrected chi connectivity index (χ2v) is 7.10. The van der Waals surface area contributed by atoms with Crippen molar-refractivity contribution >= 4 is 17.7 Å². The van der Waals surface area contributed by atoms with Gasteiger partial charge >= 0.3 is 0 Å². The van der Waals surface area contributed by atoms with Crippen LogP contribution in [0.2, 0.25) is 0 Å². The molecule has 1 N–H and O–H groups in total. The van der Waals surface area contributed by atoms with Gasteiger partial charge in [-0.2, -0.15) is 0 Å². The van der Waals surface area contributed by atoms with Crippen LogP contribution in [0.3, 0.4) is 0 Å². The molecule has 0 spiro atoms. The number of hydrogen-bond donors (Lipinski definition) is 1. The summed E-state index contributed by atoms with van der Waals surface area (Å²) < 4.78 is 7.12. The highest BCUT2D eigenvalue weighted by Crippen LogP contribution is 2.25. The molecule has 6 nitrogen and oxygen atoms in total.